The normalized spacial score (nSPS) is 23.4. The van der Waals surface area contributed by atoms with Crippen molar-refractivity contribution < 1.29 is 13.2 Å². The number of thioether (sulfide) groups is 1. The summed E-state index contributed by atoms with van der Waals surface area (Å²) < 4.78 is 36.9. The van der Waals surface area contributed by atoms with E-state index < -0.39 is 12.7 Å². The summed E-state index contributed by atoms with van der Waals surface area (Å²) in [6.07, 6.45) is -2.24. The van der Waals surface area contributed by atoms with Crippen LogP contribution in [0.4, 0.5) is 13.2 Å². The van der Waals surface area contributed by atoms with Crippen LogP contribution in [0, 0.1) is 0 Å². The van der Waals surface area contributed by atoms with Crippen molar-refractivity contribution in [3.63, 3.8) is 0 Å². The second-order valence-corrected chi connectivity index (χ2v) is 4.90. The number of nitrogens with two attached hydrogens (primary N) is 1. The van der Waals surface area contributed by atoms with Crippen molar-refractivity contribution >= 4 is 11.8 Å². The second kappa shape index (κ2) is 5.96. The van der Waals surface area contributed by atoms with Crippen molar-refractivity contribution in [3.8, 4) is 0 Å². The van der Waals surface area contributed by atoms with E-state index in [1.165, 1.54) is 4.90 Å². The SMILES string of the molecule is NCCN(CC(F)(F)F)C1CCCSC1. The first-order valence-electron chi connectivity index (χ1n) is 5.11. The van der Waals surface area contributed by atoms with E-state index in [0.717, 1.165) is 24.3 Å². The van der Waals surface area contributed by atoms with Gasteiger partial charge in [0.15, 0.2) is 0 Å². The Hall–Kier alpha value is 0.0600. The zero-order valence-electron chi connectivity index (χ0n) is 8.59. The lowest BCUT2D eigenvalue weighted by atomic mass is 10.1. The van der Waals surface area contributed by atoms with E-state index in [1.54, 1.807) is 11.8 Å². The molecular weight excluding hydrogens is 225 g/mol. The molecule has 1 aliphatic rings. The first-order chi connectivity index (χ1) is 7.03. The van der Waals surface area contributed by atoms with Gasteiger partial charge in [-0.05, 0) is 18.6 Å². The molecule has 0 aliphatic carbocycles. The average Bonchev–Trinajstić information content (AvgIpc) is 2.17. The van der Waals surface area contributed by atoms with Gasteiger partial charge in [0.05, 0.1) is 6.54 Å². The van der Waals surface area contributed by atoms with Gasteiger partial charge in [-0.2, -0.15) is 24.9 Å². The van der Waals surface area contributed by atoms with Crippen LogP contribution in [0.3, 0.4) is 0 Å². The summed E-state index contributed by atoms with van der Waals surface area (Å²) >= 11 is 1.73. The van der Waals surface area contributed by atoms with Crippen LogP contribution in [-0.4, -0.2) is 48.3 Å². The molecule has 0 aromatic heterocycles. The molecule has 0 aromatic carbocycles. The zero-order valence-corrected chi connectivity index (χ0v) is 9.41. The fraction of sp³-hybridized carbons (Fsp3) is 1.00. The minimum atomic E-state index is -4.11. The highest BCUT2D eigenvalue weighted by Crippen LogP contribution is 2.25. The third-order valence-corrected chi connectivity index (χ3v) is 3.65. The van der Waals surface area contributed by atoms with Gasteiger partial charge in [-0.1, -0.05) is 0 Å². The summed E-state index contributed by atoms with van der Waals surface area (Å²) in [5.74, 6) is 1.87. The van der Waals surface area contributed by atoms with Crippen molar-refractivity contribution in [1.82, 2.24) is 4.90 Å². The minimum absolute atomic E-state index is 0.0499. The van der Waals surface area contributed by atoms with E-state index in [0.29, 0.717) is 6.54 Å². The molecule has 0 spiro atoms. The fourth-order valence-corrected chi connectivity index (χ4v) is 2.99. The Morgan fingerprint density at radius 2 is 2.13 bits per heavy atom. The first-order valence-corrected chi connectivity index (χ1v) is 6.27. The van der Waals surface area contributed by atoms with Crippen LogP contribution < -0.4 is 5.73 Å². The summed E-state index contributed by atoms with van der Waals surface area (Å²) in [6, 6.07) is 0.0499. The topological polar surface area (TPSA) is 29.3 Å². The lowest BCUT2D eigenvalue weighted by molar-refractivity contribution is -0.150. The van der Waals surface area contributed by atoms with E-state index >= 15 is 0 Å². The molecule has 0 bridgehead atoms. The lowest BCUT2D eigenvalue weighted by Gasteiger charge is -2.34. The summed E-state index contributed by atoms with van der Waals surface area (Å²) in [4.78, 5) is 1.48. The molecule has 90 valence electrons. The molecule has 1 saturated heterocycles. The molecule has 0 aromatic rings. The molecule has 1 rings (SSSR count). The van der Waals surface area contributed by atoms with Crippen molar-refractivity contribution in [3.05, 3.63) is 0 Å². The van der Waals surface area contributed by atoms with Crippen LogP contribution in [0.15, 0.2) is 0 Å². The number of halogens is 3. The Morgan fingerprint density at radius 3 is 2.60 bits per heavy atom. The minimum Gasteiger partial charge on any atom is -0.329 e. The molecule has 6 heteroatoms. The van der Waals surface area contributed by atoms with E-state index in [1.807, 2.05) is 0 Å². The van der Waals surface area contributed by atoms with E-state index in [9.17, 15) is 13.2 Å². The molecule has 1 aliphatic heterocycles. The molecule has 1 fully saturated rings. The third-order valence-electron chi connectivity index (χ3n) is 2.45. The fourth-order valence-electron chi connectivity index (χ4n) is 1.80. The standard InChI is InChI=1S/C9H17F3N2S/c10-9(11,12)7-14(4-3-13)8-2-1-5-15-6-8/h8H,1-7,13H2. The molecule has 0 radical (unpaired) electrons. The molecule has 2 N–H and O–H groups in total. The quantitative estimate of drug-likeness (QED) is 0.813. The Morgan fingerprint density at radius 1 is 1.40 bits per heavy atom. The van der Waals surface area contributed by atoms with Crippen LogP contribution in [0.25, 0.3) is 0 Å². The van der Waals surface area contributed by atoms with Crippen molar-refractivity contribution in [2.24, 2.45) is 5.73 Å². The van der Waals surface area contributed by atoms with E-state index in [-0.39, 0.29) is 12.6 Å². The Balaban J connectivity index is 2.47. The predicted molar refractivity (Wildman–Crippen MR) is 57.0 cm³/mol. The maximum absolute atomic E-state index is 12.3. The van der Waals surface area contributed by atoms with Gasteiger partial charge in [0.25, 0.3) is 0 Å². The molecule has 1 heterocycles. The highest BCUT2D eigenvalue weighted by Gasteiger charge is 2.33. The number of alkyl halides is 3. The summed E-state index contributed by atoms with van der Waals surface area (Å²) in [5, 5.41) is 0. The molecule has 0 saturated carbocycles. The maximum atomic E-state index is 12.3. The predicted octanol–water partition coefficient (Wildman–Crippen LogP) is 1.71. The molecular formula is C9H17F3N2S. The maximum Gasteiger partial charge on any atom is 0.401 e. The summed E-state index contributed by atoms with van der Waals surface area (Å²) in [5.41, 5.74) is 5.34. The molecule has 2 nitrogen and oxygen atoms in total. The van der Waals surface area contributed by atoms with Gasteiger partial charge in [-0.15, -0.1) is 0 Å². The van der Waals surface area contributed by atoms with Crippen LogP contribution in [0.1, 0.15) is 12.8 Å². The Kier molecular flexibility index (Phi) is 5.22. The van der Waals surface area contributed by atoms with Crippen molar-refractivity contribution in [2.45, 2.75) is 25.1 Å². The number of hydrogen-bond acceptors (Lipinski definition) is 3. The number of hydrogen-bond donors (Lipinski definition) is 1. The molecule has 1 unspecified atom stereocenters. The summed E-state index contributed by atoms with van der Waals surface area (Å²) in [7, 11) is 0. The van der Waals surface area contributed by atoms with Gasteiger partial charge in [-0.25, -0.2) is 0 Å². The lowest BCUT2D eigenvalue weighted by Crippen LogP contribution is -2.46. The van der Waals surface area contributed by atoms with Gasteiger partial charge in [0.2, 0.25) is 0 Å². The van der Waals surface area contributed by atoms with Gasteiger partial charge in [0.1, 0.15) is 0 Å². The Labute approximate surface area is 92.4 Å². The van der Waals surface area contributed by atoms with Crippen LogP contribution >= 0.6 is 11.8 Å². The van der Waals surface area contributed by atoms with Crippen molar-refractivity contribution in [1.29, 1.82) is 0 Å². The monoisotopic (exact) mass is 242 g/mol. The molecule has 15 heavy (non-hydrogen) atoms. The van der Waals surface area contributed by atoms with E-state index in [2.05, 4.69) is 0 Å². The number of rotatable bonds is 4. The number of nitrogens with zero attached hydrogens (tertiary/aromatic N) is 1. The van der Waals surface area contributed by atoms with Crippen LogP contribution in [-0.2, 0) is 0 Å². The highest BCUT2D eigenvalue weighted by molar-refractivity contribution is 7.99. The third kappa shape index (κ3) is 5.08. The zero-order chi connectivity index (χ0) is 11.3. The average molecular weight is 242 g/mol. The van der Waals surface area contributed by atoms with Gasteiger partial charge in [-0.3, -0.25) is 4.90 Å². The second-order valence-electron chi connectivity index (χ2n) is 3.75. The van der Waals surface area contributed by atoms with Gasteiger partial charge >= 0.3 is 6.18 Å². The largest absolute Gasteiger partial charge is 0.401 e. The Bertz CT molecular complexity index is 181. The van der Waals surface area contributed by atoms with Gasteiger partial charge in [0, 0.05) is 24.9 Å². The molecule has 0 amide bonds. The first kappa shape index (κ1) is 13.1. The van der Waals surface area contributed by atoms with E-state index in [4.69, 9.17) is 5.73 Å². The van der Waals surface area contributed by atoms with Crippen LogP contribution in [0.2, 0.25) is 0 Å². The van der Waals surface area contributed by atoms with Crippen LogP contribution in [0.5, 0.6) is 0 Å². The summed E-state index contributed by atoms with van der Waals surface area (Å²) in [6.45, 7) is -0.197. The van der Waals surface area contributed by atoms with Crippen molar-refractivity contribution in [2.75, 3.05) is 31.1 Å². The molecule has 1 atom stereocenters. The smallest absolute Gasteiger partial charge is 0.329 e. The highest BCUT2D eigenvalue weighted by atomic mass is 32.2. The van der Waals surface area contributed by atoms with Gasteiger partial charge < -0.3 is 5.73 Å².